The molecule has 210 valence electrons. The van der Waals surface area contributed by atoms with E-state index in [1.54, 1.807) is 0 Å². The molecule has 0 saturated carbocycles. The zero-order chi connectivity index (χ0) is 30.2. The molecular formula is C40H30N4. The van der Waals surface area contributed by atoms with Gasteiger partial charge in [-0.05, 0) is 62.7 Å². The molecule has 2 aliphatic carbocycles. The van der Waals surface area contributed by atoms with E-state index < -0.39 is 0 Å². The zero-order valence-corrected chi connectivity index (χ0v) is 25.2. The smallest absolute Gasteiger partial charge is 0.164 e. The number of benzene rings is 5. The van der Waals surface area contributed by atoms with Gasteiger partial charge in [0.25, 0.3) is 0 Å². The normalized spacial score (nSPS) is 14.7. The summed E-state index contributed by atoms with van der Waals surface area (Å²) in [7, 11) is 0. The highest BCUT2D eigenvalue weighted by molar-refractivity contribution is 5.92. The molecule has 1 aromatic heterocycles. The number of nitriles is 1. The molecule has 44 heavy (non-hydrogen) atoms. The van der Waals surface area contributed by atoms with Crippen LogP contribution in [-0.2, 0) is 10.8 Å². The molecule has 5 aromatic carbocycles. The summed E-state index contributed by atoms with van der Waals surface area (Å²) < 4.78 is 0. The van der Waals surface area contributed by atoms with Crippen molar-refractivity contribution in [2.45, 2.75) is 38.5 Å². The Morgan fingerprint density at radius 2 is 0.909 bits per heavy atom. The van der Waals surface area contributed by atoms with Crippen LogP contribution in [0.2, 0.25) is 0 Å². The van der Waals surface area contributed by atoms with Crippen molar-refractivity contribution < 1.29 is 0 Å². The molecule has 0 spiro atoms. The number of nitrogens with zero attached hydrogens (tertiary/aromatic N) is 4. The molecule has 6 aromatic rings. The molecule has 4 heteroatoms. The van der Waals surface area contributed by atoms with Crippen molar-refractivity contribution in [3.8, 4) is 62.5 Å². The SMILES string of the molecule is CC1(C)c2cc(C#N)ccc2-c2ccc3c(c21)C(C)(C)c1cc(-c2nc(-c4ccccc4)nc(-c4ccccc4)n2)ccc1-3. The largest absolute Gasteiger partial charge is 0.208 e. The molecule has 2 aliphatic rings. The van der Waals surface area contributed by atoms with E-state index in [9.17, 15) is 5.26 Å². The van der Waals surface area contributed by atoms with Gasteiger partial charge in [0, 0.05) is 27.5 Å². The number of aromatic nitrogens is 3. The Morgan fingerprint density at radius 3 is 1.41 bits per heavy atom. The van der Waals surface area contributed by atoms with Crippen molar-refractivity contribution in [1.82, 2.24) is 15.0 Å². The molecule has 0 saturated heterocycles. The maximum absolute atomic E-state index is 9.63. The van der Waals surface area contributed by atoms with E-state index in [1.807, 2.05) is 66.7 Å². The molecule has 0 aliphatic heterocycles. The molecule has 1 heterocycles. The third-order valence-corrected chi connectivity index (χ3v) is 9.51. The number of fused-ring (bicyclic) bond motifs is 7. The van der Waals surface area contributed by atoms with Crippen LogP contribution in [0.4, 0.5) is 0 Å². The van der Waals surface area contributed by atoms with Crippen LogP contribution in [-0.4, -0.2) is 15.0 Å². The summed E-state index contributed by atoms with van der Waals surface area (Å²) in [6, 6.07) is 39.9. The number of hydrogen-bond acceptors (Lipinski definition) is 4. The number of rotatable bonds is 3. The average molecular weight is 567 g/mol. The Balaban J connectivity index is 1.29. The highest BCUT2D eigenvalue weighted by Crippen LogP contribution is 2.59. The fourth-order valence-electron chi connectivity index (χ4n) is 7.36. The first-order chi connectivity index (χ1) is 21.3. The molecular weight excluding hydrogens is 536 g/mol. The Hall–Kier alpha value is -5.40. The summed E-state index contributed by atoms with van der Waals surface area (Å²) in [5.41, 5.74) is 13.4. The lowest BCUT2D eigenvalue weighted by atomic mass is 9.72. The van der Waals surface area contributed by atoms with Crippen LogP contribution in [0.15, 0.2) is 109 Å². The highest BCUT2D eigenvalue weighted by atomic mass is 15.0. The minimum atomic E-state index is -0.249. The molecule has 0 unspecified atom stereocenters. The van der Waals surface area contributed by atoms with Crippen molar-refractivity contribution in [3.05, 3.63) is 137 Å². The van der Waals surface area contributed by atoms with E-state index in [-0.39, 0.29) is 10.8 Å². The van der Waals surface area contributed by atoms with Crippen LogP contribution >= 0.6 is 0 Å². The van der Waals surface area contributed by atoms with E-state index in [4.69, 9.17) is 15.0 Å². The quantitative estimate of drug-likeness (QED) is 0.214. The lowest BCUT2D eigenvalue weighted by molar-refractivity contribution is 0.601. The van der Waals surface area contributed by atoms with Gasteiger partial charge in [0.15, 0.2) is 17.5 Å². The van der Waals surface area contributed by atoms with Crippen molar-refractivity contribution in [2.75, 3.05) is 0 Å². The number of hydrogen-bond donors (Lipinski definition) is 0. The third kappa shape index (κ3) is 3.72. The molecule has 0 amide bonds. The van der Waals surface area contributed by atoms with Gasteiger partial charge in [-0.15, -0.1) is 0 Å². The highest BCUT2D eigenvalue weighted by Gasteiger charge is 2.45. The monoisotopic (exact) mass is 566 g/mol. The second kappa shape index (κ2) is 9.30. The second-order valence-corrected chi connectivity index (χ2v) is 12.8. The fourth-order valence-corrected chi connectivity index (χ4v) is 7.36. The average Bonchev–Trinajstić information content (AvgIpc) is 3.43. The molecule has 4 nitrogen and oxygen atoms in total. The minimum Gasteiger partial charge on any atom is -0.208 e. The van der Waals surface area contributed by atoms with Gasteiger partial charge in [-0.2, -0.15) is 5.26 Å². The fraction of sp³-hybridized carbons (Fsp3) is 0.150. The van der Waals surface area contributed by atoms with E-state index in [1.165, 1.54) is 44.5 Å². The maximum Gasteiger partial charge on any atom is 0.164 e. The standard InChI is InChI=1S/C40H30N4/c1-39(2)32-21-24(23-41)15-17-28(32)30-19-20-31-29-18-16-27(22-33(29)40(3,4)35(31)34(30)39)38-43-36(25-11-7-5-8-12-25)42-37(44-38)26-13-9-6-10-14-26/h5-22H,1-4H3. The molecule has 0 atom stereocenters. The van der Waals surface area contributed by atoms with Gasteiger partial charge in [-0.1, -0.05) is 119 Å². The van der Waals surface area contributed by atoms with Crippen LogP contribution in [0, 0.1) is 11.3 Å². The van der Waals surface area contributed by atoms with Crippen molar-refractivity contribution in [1.29, 1.82) is 5.26 Å². The van der Waals surface area contributed by atoms with E-state index in [2.05, 4.69) is 76.2 Å². The Bertz CT molecular complexity index is 2110. The predicted molar refractivity (Wildman–Crippen MR) is 176 cm³/mol. The van der Waals surface area contributed by atoms with Gasteiger partial charge in [-0.3, -0.25) is 0 Å². The Labute approximate surface area is 257 Å². The Kier molecular flexibility index (Phi) is 5.55. The second-order valence-electron chi connectivity index (χ2n) is 12.8. The predicted octanol–water partition coefficient (Wildman–Crippen LogP) is 9.36. The molecule has 0 radical (unpaired) electrons. The van der Waals surface area contributed by atoms with Crippen molar-refractivity contribution in [2.24, 2.45) is 0 Å². The van der Waals surface area contributed by atoms with Crippen LogP contribution in [0.25, 0.3) is 56.4 Å². The summed E-state index contributed by atoms with van der Waals surface area (Å²) in [5, 5.41) is 9.63. The molecule has 8 rings (SSSR count). The van der Waals surface area contributed by atoms with Crippen LogP contribution in [0.5, 0.6) is 0 Å². The van der Waals surface area contributed by atoms with Gasteiger partial charge in [0.05, 0.1) is 11.6 Å². The van der Waals surface area contributed by atoms with Gasteiger partial charge < -0.3 is 0 Å². The Morgan fingerprint density at radius 1 is 0.477 bits per heavy atom. The maximum atomic E-state index is 9.63. The molecule has 0 N–H and O–H groups in total. The molecule has 0 bridgehead atoms. The molecule has 0 fully saturated rings. The lowest BCUT2D eigenvalue weighted by Crippen LogP contribution is -2.24. The van der Waals surface area contributed by atoms with Gasteiger partial charge in [0.2, 0.25) is 0 Å². The summed E-state index contributed by atoms with van der Waals surface area (Å²) >= 11 is 0. The van der Waals surface area contributed by atoms with Gasteiger partial charge in [0.1, 0.15) is 0 Å². The summed E-state index contributed by atoms with van der Waals surface area (Å²) in [5.74, 6) is 1.98. The first-order valence-corrected chi connectivity index (χ1v) is 15.0. The van der Waals surface area contributed by atoms with Crippen molar-refractivity contribution >= 4 is 0 Å². The van der Waals surface area contributed by atoms with Crippen LogP contribution in [0.1, 0.15) is 55.5 Å². The third-order valence-electron chi connectivity index (χ3n) is 9.51. The topological polar surface area (TPSA) is 62.5 Å². The van der Waals surface area contributed by atoms with Crippen LogP contribution in [0.3, 0.4) is 0 Å². The first kappa shape index (κ1) is 26.2. The van der Waals surface area contributed by atoms with Gasteiger partial charge >= 0.3 is 0 Å². The van der Waals surface area contributed by atoms with E-state index >= 15 is 0 Å². The van der Waals surface area contributed by atoms with Crippen LogP contribution < -0.4 is 0 Å². The van der Waals surface area contributed by atoms with E-state index in [0.717, 1.165) is 16.7 Å². The summed E-state index contributed by atoms with van der Waals surface area (Å²) in [6.45, 7) is 9.26. The van der Waals surface area contributed by atoms with Crippen molar-refractivity contribution in [3.63, 3.8) is 0 Å². The zero-order valence-electron chi connectivity index (χ0n) is 25.2. The summed E-state index contributed by atoms with van der Waals surface area (Å²) in [6.07, 6.45) is 0. The summed E-state index contributed by atoms with van der Waals surface area (Å²) in [4.78, 5) is 14.9. The van der Waals surface area contributed by atoms with Gasteiger partial charge in [-0.25, -0.2) is 15.0 Å². The lowest BCUT2D eigenvalue weighted by Gasteiger charge is -2.30. The first-order valence-electron chi connectivity index (χ1n) is 15.0. The minimum absolute atomic E-state index is 0.228. The van der Waals surface area contributed by atoms with E-state index in [0.29, 0.717) is 23.0 Å².